The zero-order valence-electron chi connectivity index (χ0n) is 15.9. The van der Waals surface area contributed by atoms with E-state index in [0.29, 0.717) is 5.21 Å². The van der Waals surface area contributed by atoms with Crippen LogP contribution in [0, 0.1) is 0 Å². The molecule has 0 saturated carbocycles. The van der Waals surface area contributed by atoms with Gasteiger partial charge in [-0.3, -0.25) is 0 Å². The summed E-state index contributed by atoms with van der Waals surface area (Å²) in [5.74, 6) is 0.196. The van der Waals surface area contributed by atoms with Crippen LogP contribution in [0.3, 0.4) is 0 Å². The van der Waals surface area contributed by atoms with Gasteiger partial charge in [0.05, 0.1) is 0 Å². The predicted octanol–water partition coefficient (Wildman–Crippen LogP) is 4.80. The fraction of sp³-hybridized carbons (Fsp3) is 0.0385. The van der Waals surface area contributed by atoms with E-state index >= 15 is 0 Å². The molecule has 0 heterocycles. The van der Waals surface area contributed by atoms with Crippen LogP contribution < -0.4 is 13.1 Å². The number of carbonyl (C=O) groups excluding carboxylic acids is 1. The fourth-order valence-electron chi connectivity index (χ4n) is 3.71. The summed E-state index contributed by atoms with van der Waals surface area (Å²) < 4.78 is 4.84. The summed E-state index contributed by atoms with van der Waals surface area (Å²) in [5.41, 5.74) is 0.766. The molecule has 0 fully saturated rings. The Morgan fingerprint density at radius 3 is 1.34 bits per heavy atom. The minimum absolute atomic E-state index is 0.196. The van der Waals surface area contributed by atoms with Gasteiger partial charge in [-0.05, 0) is 0 Å². The number of carbonyl (C=O) groups is 1. The molecule has 29 heavy (non-hydrogen) atoms. The number of hydrogen-bond donors (Lipinski definition) is 0. The van der Waals surface area contributed by atoms with Gasteiger partial charge in [-0.15, -0.1) is 0 Å². The van der Waals surface area contributed by atoms with Crippen molar-refractivity contribution in [2.24, 2.45) is 0 Å². The molecule has 0 radical (unpaired) electrons. The maximum atomic E-state index is 13.5. The molecule has 0 unspecified atom stereocenters. The summed E-state index contributed by atoms with van der Waals surface area (Å²) in [7, 11) is 0. The first-order chi connectivity index (χ1) is 14.2. The second kappa shape index (κ2) is 8.94. The second-order valence-corrected chi connectivity index (χ2v) is 15.1. The van der Waals surface area contributed by atoms with Crippen molar-refractivity contribution < 1.29 is 4.79 Å². The van der Waals surface area contributed by atoms with E-state index in [1.165, 1.54) is 13.1 Å². The van der Waals surface area contributed by atoms with Crippen molar-refractivity contribution in [1.29, 1.82) is 0 Å². The average molecular weight is 504 g/mol. The average Bonchev–Trinajstić information content (AvgIpc) is 2.79. The maximum absolute atomic E-state index is 13.5. The molecule has 4 aromatic carbocycles. The number of rotatable bonds is 6. The molecule has 0 N–H and O–H groups in total. The number of ketones is 1. The molecule has 0 amide bonds. The Hall–Kier alpha value is -2.41. The van der Waals surface area contributed by atoms with E-state index in [2.05, 4.69) is 88.7 Å². The van der Waals surface area contributed by atoms with Gasteiger partial charge in [0.15, 0.2) is 0 Å². The third-order valence-corrected chi connectivity index (χ3v) is 14.7. The van der Waals surface area contributed by atoms with Gasteiger partial charge in [0.1, 0.15) is 0 Å². The Labute approximate surface area is 183 Å². The Morgan fingerprint density at radius 1 is 0.586 bits per heavy atom. The molecule has 0 aliphatic heterocycles. The van der Waals surface area contributed by atoms with Crippen LogP contribution in [0.2, 0.25) is 5.21 Å². The van der Waals surface area contributed by atoms with Crippen molar-refractivity contribution >= 4 is 48.3 Å². The summed E-state index contributed by atoms with van der Waals surface area (Å²) in [6, 6.07) is 39.5. The van der Waals surface area contributed by atoms with Crippen LogP contribution >= 0.6 is 15.9 Å². The first-order valence-corrected chi connectivity index (χ1v) is 14.5. The Morgan fingerprint density at radius 2 is 0.966 bits per heavy atom. The van der Waals surface area contributed by atoms with Crippen LogP contribution in [0.4, 0.5) is 0 Å². The van der Waals surface area contributed by atoms with Gasteiger partial charge in [0, 0.05) is 0 Å². The van der Waals surface area contributed by atoms with Crippen LogP contribution in [0.5, 0.6) is 0 Å². The second-order valence-electron chi connectivity index (χ2n) is 6.90. The van der Waals surface area contributed by atoms with Gasteiger partial charge < -0.3 is 0 Å². The number of hydrogen-bond acceptors (Lipinski definition) is 1. The number of Topliss-reactive ketones (excluding diaryl/α,β-unsaturated/α-hetero) is 1. The Balaban J connectivity index is 1.92. The molecule has 4 aromatic rings. The van der Waals surface area contributed by atoms with Crippen LogP contribution in [-0.4, -0.2) is 19.3 Å². The molecule has 0 aliphatic carbocycles. The quantitative estimate of drug-likeness (QED) is 0.273. The molecule has 0 spiro atoms. The summed E-state index contributed by atoms with van der Waals surface area (Å²) >= 11 is 0.450. The molecule has 142 valence electrons. The molecular formula is C26H21AsBrO+. The van der Waals surface area contributed by atoms with Crippen LogP contribution in [0.15, 0.2) is 120 Å². The summed E-state index contributed by atoms with van der Waals surface area (Å²) in [6.07, 6.45) is 0. The first kappa shape index (κ1) is 19.9. The van der Waals surface area contributed by atoms with E-state index in [0.717, 1.165) is 10.0 Å². The third kappa shape index (κ3) is 4.15. The first-order valence-electron chi connectivity index (χ1n) is 9.54. The van der Waals surface area contributed by atoms with Gasteiger partial charge in [-0.25, -0.2) is 0 Å². The summed E-state index contributed by atoms with van der Waals surface area (Å²) in [5, 5.41) is 0.526. The van der Waals surface area contributed by atoms with Crippen molar-refractivity contribution in [3.63, 3.8) is 0 Å². The van der Waals surface area contributed by atoms with E-state index in [-0.39, 0.29) is 5.78 Å². The van der Waals surface area contributed by atoms with Crippen LogP contribution in [0.1, 0.15) is 10.4 Å². The minimum atomic E-state index is -3.02. The summed E-state index contributed by atoms with van der Waals surface area (Å²) in [6.45, 7) is 0. The molecule has 0 atom stereocenters. The molecule has 0 aromatic heterocycles. The molecule has 3 heteroatoms. The van der Waals surface area contributed by atoms with E-state index in [1.807, 2.05) is 42.5 Å². The van der Waals surface area contributed by atoms with Crippen molar-refractivity contribution in [1.82, 2.24) is 0 Å². The molecule has 0 saturated heterocycles. The SMILES string of the molecule is O=C(C[As+](c1ccccc1)(c1ccccc1)c1ccccc1)c1ccc(Br)cc1. The fourth-order valence-corrected chi connectivity index (χ4v) is 12.6. The Kier molecular flexibility index (Phi) is 6.13. The molecule has 0 bridgehead atoms. The Bertz CT molecular complexity index is 981. The van der Waals surface area contributed by atoms with Crippen molar-refractivity contribution in [3.05, 3.63) is 125 Å². The molecule has 1 nitrogen and oxygen atoms in total. The monoisotopic (exact) mass is 503 g/mol. The van der Waals surface area contributed by atoms with E-state index in [9.17, 15) is 4.79 Å². The van der Waals surface area contributed by atoms with Gasteiger partial charge in [-0.2, -0.15) is 0 Å². The predicted molar refractivity (Wildman–Crippen MR) is 127 cm³/mol. The van der Waals surface area contributed by atoms with Crippen LogP contribution in [0.25, 0.3) is 0 Å². The van der Waals surface area contributed by atoms with E-state index in [4.69, 9.17) is 0 Å². The van der Waals surface area contributed by atoms with Crippen molar-refractivity contribution in [3.8, 4) is 0 Å². The third-order valence-electron chi connectivity index (χ3n) is 5.14. The van der Waals surface area contributed by atoms with Crippen molar-refractivity contribution in [2.45, 2.75) is 5.21 Å². The molecule has 0 aliphatic rings. The number of halogens is 1. The normalized spacial score (nSPS) is 11.2. The van der Waals surface area contributed by atoms with Gasteiger partial charge in [-0.1, -0.05) is 0 Å². The number of benzene rings is 4. The van der Waals surface area contributed by atoms with Crippen molar-refractivity contribution in [2.75, 3.05) is 0 Å². The topological polar surface area (TPSA) is 17.1 Å². The molecular weight excluding hydrogens is 483 g/mol. The van der Waals surface area contributed by atoms with Crippen LogP contribution in [-0.2, 0) is 0 Å². The zero-order valence-corrected chi connectivity index (χ0v) is 19.4. The molecule has 4 rings (SSSR count). The van der Waals surface area contributed by atoms with Gasteiger partial charge >= 0.3 is 184 Å². The zero-order chi connectivity index (χ0) is 20.1. The standard InChI is InChI=1S/C26H21AsBrO/c28-25-18-16-21(17-19-25)26(29)20-27(22-10-4-1-5-11-22,23-12-6-2-7-13-23)24-14-8-3-9-15-24/h1-19H,20H2/q+1. The van der Waals surface area contributed by atoms with Gasteiger partial charge in [0.2, 0.25) is 0 Å². The summed E-state index contributed by atoms with van der Waals surface area (Å²) in [4.78, 5) is 13.5. The van der Waals surface area contributed by atoms with E-state index < -0.39 is 13.6 Å². The van der Waals surface area contributed by atoms with Gasteiger partial charge in [0.25, 0.3) is 0 Å². The van der Waals surface area contributed by atoms with E-state index in [1.54, 1.807) is 0 Å².